The molecule has 0 aliphatic carbocycles. The van der Waals surface area contributed by atoms with E-state index < -0.39 is 5.82 Å². The molecule has 12 rings (SSSR count). The van der Waals surface area contributed by atoms with Crippen LogP contribution in [0, 0.1) is 28.5 Å². The van der Waals surface area contributed by atoms with Gasteiger partial charge >= 0.3 is 0 Å². The number of fused-ring (bicyclic) bond motifs is 9. The van der Waals surface area contributed by atoms with E-state index in [1.807, 2.05) is 59.2 Å². The zero-order chi connectivity index (χ0) is 41.5. The molecule has 0 atom stereocenters. The van der Waals surface area contributed by atoms with E-state index in [2.05, 4.69) is 137 Å². The van der Waals surface area contributed by atoms with Gasteiger partial charge in [-0.15, -0.1) is 0 Å². The Morgan fingerprint density at radius 3 is 1.06 bits per heavy atom. The van der Waals surface area contributed by atoms with Gasteiger partial charge in [0, 0.05) is 54.8 Å². The Hall–Kier alpha value is -8.71. The van der Waals surface area contributed by atoms with Crippen LogP contribution in [0.1, 0.15) is 11.1 Å². The Labute approximate surface area is 355 Å². The third-order valence-corrected chi connectivity index (χ3v) is 12.4. The maximum Gasteiger partial charge on any atom is 0.141 e. The van der Waals surface area contributed by atoms with Crippen LogP contribution in [-0.4, -0.2) is 13.7 Å². The minimum atomic E-state index is -0.602. The first-order valence-electron chi connectivity index (χ1n) is 20.5. The number of hydrogen-bond acceptors (Lipinski definition) is 2. The molecule has 3 aromatic heterocycles. The molecule has 0 radical (unpaired) electrons. The Balaban J connectivity index is 1.13. The molecule has 6 heteroatoms. The molecule has 0 aliphatic rings. The fourth-order valence-electron chi connectivity index (χ4n) is 9.82. The minimum Gasteiger partial charge on any atom is -0.309 e. The van der Waals surface area contributed by atoms with Crippen molar-refractivity contribution in [2.75, 3.05) is 0 Å². The number of rotatable bonds is 5. The number of para-hydroxylation sites is 4. The van der Waals surface area contributed by atoms with Crippen molar-refractivity contribution in [2.45, 2.75) is 0 Å². The molecule has 0 bridgehead atoms. The number of aromatic nitrogens is 3. The average Bonchev–Trinajstić information content (AvgIpc) is 3.97. The minimum absolute atomic E-state index is 0.0955. The van der Waals surface area contributed by atoms with Gasteiger partial charge < -0.3 is 13.7 Å². The lowest BCUT2D eigenvalue weighted by Crippen LogP contribution is -2.08. The van der Waals surface area contributed by atoms with E-state index >= 15 is 4.39 Å². The molecule has 0 unspecified atom stereocenters. The number of nitrogens with zero attached hydrogens (tertiary/aromatic N) is 5. The number of benzene rings is 9. The first-order valence-corrected chi connectivity index (χ1v) is 20.5. The van der Waals surface area contributed by atoms with Crippen molar-refractivity contribution in [1.29, 1.82) is 10.5 Å². The monoisotopic (exact) mass is 793 g/mol. The summed E-state index contributed by atoms with van der Waals surface area (Å²) in [4.78, 5) is 0. The van der Waals surface area contributed by atoms with Gasteiger partial charge in [0.1, 0.15) is 18.0 Å². The first kappa shape index (κ1) is 35.3. The van der Waals surface area contributed by atoms with Gasteiger partial charge in [-0.2, -0.15) is 10.5 Å². The zero-order valence-electron chi connectivity index (χ0n) is 33.1. The van der Waals surface area contributed by atoms with E-state index in [1.54, 1.807) is 24.3 Å². The van der Waals surface area contributed by atoms with Crippen LogP contribution in [0.15, 0.2) is 194 Å². The van der Waals surface area contributed by atoms with Crippen molar-refractivity contribution in [2.24, 2.45) is 0 Å². The van der Waals surface area contributed by atoms with Gasteiger partial charge in [-0.05, 0) is 71.8 Å². The molecule has 0 fully saturated rings. The van der Waals surface area contributed by atoms with E-state index in [4.69, 9.17) is 0 Å². The second kappa shape index (κ2) is 13.7. The van der Waals surface area contributed by atoms with E-state index in [1.165, 1.54) is 10.8 Å². The number of halogens is 1. The maximum atomic E-state index is 17.2. The normalized spacial score (nSPS) is 11.6. The smallest absolute Gasteiger partial charge is 0.141 e. The third kappa shape index (κ3) is 4.99. The van der Waals surface area contributed by atoms with Gasteiger partial charge in [0.15, 0.2) is 0 Å². The molecule has 3 heterocycles. The highest BCUT2D eigenvalue weighted by molar-refractivity contribution is 6.14. The highest BCUT2D eigenvalue weighted by Gasteiger charge is 2.29. The predicted octanol–water partition coefficient (Wildman–Crippen LogP) is 14.2. The standard InChI is InChI=1S/C56H32FN5/c57-55-53(35-15-3-1-4-16-35)45(33-58)56(46(34-59)54(55)36-17-5-2-6-18-36)62-50-26-14-10-22-42(50)44-32-38(28-30-52(44)62)61-49-25-13-9-21-41(49)43-31-37(27-29-51(43)61)60-47-23-11-7-19-39(47)40-20-8-12-24-48(40)60/h1-32H. The van der Waals surface area contributed by atoms with Crippen LogP contribution in [0.5, 0.6) is 0 Å². The SMILES string of the molecule is N#Cc1c(-c2ccccc2)c(F)c(-c2ccccc2)c(C#N)c1-n1c2ccccc2c2cc(-n3c4ccccc4c4cc(-n5c6ccccc6c6ccccc65)ccc43)ccc21. The Bertz CT molecular complexity index is 3760. The molecule has 0 saturated heterocycles. The number of hydrogen-bond donors (Lipinski definition) is 0. The van der Waals surface area contributed by atoms with Gasteiger partial charge in [0.2, 0.25) is 0 Å². The zero-order valence-corrected chi connectivity index (χ0v) is 33.1. The number of nitriles is 2. The third-order valence-electron chi connectivity index (χ3n) is 12.4. The first-order chi connectivity index (χ1) is 30.6. The second-order valence-electron chi connectivity index (χ2n) is 15.6. The van der Waals surface area contributed by atoms with Crippen LogP contribution < -0.4 is 0 Å². The Kier molecular flexibility index (Phi) is 7.78. The summed E-state index contributed by atoms with van der Waals surface area (Å²) in [5.74, 6) is -0.602. The quantitative estimate of drug-likeness (QED) is 0.174. The summed E-state index contributed by atoms with van der Waals surface area (Å²) in [6.45, 7) is 0. The van der Waals surface area contributed by atoms with Crippen LogP contribution in [0.2, 0.25) is 0 Å². The molecule has 0 saturated carbocycles. The van der Waals surface area contributed by atoms with Crippen molar-refractivity contribution in [3.8, 4) is 51.5 Å². The van der Waals surface area contributed by atoms with E-state index in [-0.39, 0.29) is 22.3 Å². The molecule has 0 N–H and O–H groups in total. The maximum absolute atomic E-state index is 17.2. The molecule has 288 valence electrons. The van der Waals surface area contributed by atoms with Gasteiger partial charge in [-0.25, -0.2) is 4.39 Å². The lowest BCUT2D eigenvalue weighted by atomic mass is 9.88. The summed E-state index contributed by atoms with van der Waals surface area (Å²) in [7, 11) is 0. The summed E-state index contributed by atoms with van der Waals surface area (Å²) in [6.07, 6.45) is 0. The van der Waals surface area contributed by atoms with Gasteiger partial charge in [-0.3, -0.25) is 0 Å². The van der Waals surface area contributed by atoms with Crippen molar-refractivity contribution in [1.82, 2.24) is 13.7 Å². The molecule has 5 nitrogen and oxygen atoms in total. The molecule has 62 heavy (non-hydrogen) atoms. The largest absolute Gasteiger partial charge is 0.309 e. The van der Waals surface area contributed by atoms with Gasteiger partial charge in [0.25, 0.3) is 0 Å². The van der Waals surface area contributed by atoms with Crippen LogP contribution in [0.3, 0.4) is 0 Å². The predicted molar refractivity (Wildman–Crippen MR) is 250 cm³/mol. The van der Waals surface area contributed by atoms with Crippen molar-refractivity contribution < 1.29 is 4.39 Å². The topological polar surface area (TPSA) is 62.4 Å². The summed E-state index contributed by atoms with van der Waals surface area (Å²) in [6, 6.07) is 69.8. The summed E-state index contributed by atoms with van der Waals surface area (Å²) in [5.41, 5.74) is 10.1. The van der Waals surface area contributed by atoms with Gasteiger partial charge in [0.05, 0.1) is 49.9 Å². The average molecular weight is 794 g/mol. The van der Waals surface area contributed by atoms with Crippen LogP contribution in [-0.2, 0) is 0 Å². The highest BCUT2D eigenvalue weighted by Crippen LogP contribution is 2.45. The lowest BCUT2D eigenvalue weighted by Gasteiger charge is -2.20. The van der Waals surface area contributed by atoms with E-state index in [0.717, 1.165) is 66.0 Å². The Morgan fingerprint density at radius 2 is 0.661 bits per heavy atom. The fraction of sp³-hybridized carbons (Fsp3) is 0. The fourth-order valence-corrected chi connectivity index (χ4v) is 9.82. The van der Waals surface area contributed by atoms with E-state index in [0.29, 0.717) is 16.8 Å². The van der Waals surface area contributed by atoms with Crippen molar-refractivity contribution in [3.05, 3.63) is 211 Å². The lowest BCUT2D eigenvalue weighted by molar-refractivity contribution is 0.633. The Morgan fingerprint density at radius 1 is 0.339 bits per heavy atom. The van der Waals surface area contributed by atoms with Gasteiger partial charge in [-0.1, -0.05) is 133 Å². The molecule has 0 aliphatic heterocycles. The molecule has 0 spiro atoms. The molecule has 9 aromatic carbocycles. The highest BCUT2D eigenvalue weighted by atomic mass is 19.1. The van der Waals surface area contributed by atoms with E-state index in [9.17, 15) is 10.5 Å². The van der Waals surface area contributed by atoms with Crippen LogP contribution in [0.25, 0.3) is 105 Å². The molecule has 12 aromatic rings. The summed E-state index contributed by atoms with van der Waals surface area (Å²) < 4.78 is 23.8. The van der Waals surface area contributed by atoms with Crippen LogP contribution in [0.4, 0.5) is 4.39 Å². The molecule has 0 amide bonds. The van der Waals surface area contributed by atoms with Crippen molar-refractivity contribution in [3.63, 3.8) is 0 Å². The molecular formula is C56H32FN5. The van der Waals surface area contributed by atoms with Crippen LogP contribution >= 0.6 is 0 Å². The van der Waals surface area contributed by atoms with Crippen molar-refractivity contribution >= 4 is 65.4 Å². The summed E-state index contributed by atoms with van der Waals surface area (Å²) >= 11 is 0. The second-order valence-corrected chi connectivity index (χ2v) is 15.6. The molecular weight excluding hydrogens is 762 g/mol. The summed E-state index contributed by atoms with van der Waals surface area (Å²) in [5, 5.41) is 28.6.